The zero-order valence-corrected chi connectivity index (χ0v) is 57.0. The molecule has 0 unspecified atom stereocenters. The number of aromatic hydroxyl groups is 6. The van der Waals surface area contributed by atoms with E-state index in [-0.39, 0.29) is 157 Å². The van der Waals surface area contributed by atoms with Gasteiger partial charge < -0.3 is 62.5 Å². The van der Waals surface area contributed by atoms with Gasteiger partial charge in [-0.1, -0.05) is 48.5 Å². The first-order chi connectivity index (χ1) is 47.6. The van der Waals surface area contributed by atoms with Crippen LogP contribution in [0.2, 0.25) is 0 Å². The first-order valence-corrected chi connectivity index (χ1v) is 33.5. The predicted octanol–water partition coefficient (Wildman–Crippen LogP) is 7.07. The van der Waals surface area contributed by atoms with Gasteiger partial charge in [-0.3, -0.25) is 9.11 Å². The molecular weight excluding hydrogens is 1600 g/mol. The largest absolute Gasteiger partial charge is 0.507 e. The molecule has 0 saturated carbocycles. The Bertz CT molecular complexity index is 5210. The second kappa shape index (κ2) is 38.2. The van der Waals surface area contributed by atoms with Crippen LogP contribution in [0.1, 0.15) is 6.42 Å². The number of nitrogens with zero attached hydrogens (tertiary/aromatic N) is 10. The van der Waals surface area contributed by atoms with Gasteiger partial charge in [-0.25, -0.2) is 0 Å². The molecule has 0 saturated heterocycles. The summed E-state index contributed by atoms with van der Waals surface area (Å²) in [5, 5.41) is 101. The third kappa shape index (κ3) is 25.5. The van der Waals surface area contributed by atoms with Crippen molar-refractivity contribution < 1.29 is 150 Å². The first-order valence-electron chi connectivity index (χ1n) is 26.6. The van der Waals surface area contributed by atoms with E-state index in [4.69, 9.17) is 50.5 Å². The molecule has 0 aliphatic rings. The molecule has 0 spiro atoms. The smallest absolute Gasteiger partial charge is 0.425 e. The minimum atomic E-state index is -4.66. The normalized spacial score (nSPS) is 10.7. The number of phenolic OH excluding ortho intramolecular Hbond substituents is 6. The van der Waals surface area contributed by atoms with Crippen LogP contribution in [0.4, 0.5) is 89.4 Å². The summed E-state index contributed by atoms with van der Waals surface area (Å²) < 4.78 is 198. The molecule has 10 aromatic rings. The maximum Gasteiger partial charge on any atom is 0.425 e. The Morgan fingerprint density at radius 1 is 0.369 bits per heavy atom. The molecule has 2 radical (unpaired) electrons. The van der Waals surface area contributed by atoms with Crippen LogP contribution in [0.5, 0.6) is 34.5 Å². The Hall–Kier alpha value is -11.7. The van der Waals surface area contributed by atoms with Crippen molar-refractivity contribution in [2.75, 3.05) is 45.0 Å². The van der Waals surface area contributed by atoms with Gasteiger partial charge >= 0.3 is 54.6 Å². The minimum Gasteiger partial charge on any atom is -0.507 e. The molecule has 0 amide bonds. The molecule has 0 aliphatic heterocycles. The number of anilines is 10. The van der Waals surface area contributed by atoms with Gasteiger partial charge in [-0.05, 0) is 102 Å². The van der Waals surface area contributed by atoms with Gasteiger partial charge in [-0.15, -0.1) is 71.0 Å². The average Bonchev–Trinajstić information content (AvgIpc) is 0.785. The third-order valence-corrected chi connectivity index (χ3v) is 13.9. The molecule has 2 heterocycles. The van der Waals surface area contributed by atoms with Crippen LogP contribution in [-0.2, 0) is 96.8 Å². The van der Waals surface area contributed by atoms with E-state index in [9.17, 15) is 65.4 Å². The van der Waals surface area contributed by atoms with Crippen molar-refractivity contribution in [1.82, 2.24) is 29.9 Å². The van der Waals surface area contributed by atoms with Gasteiger partial charge in [0.15, 0.2) is 11.5 Å². The van der Waals surface area contributed by atoms with E-state index in [1.807, 2.05) is 0 Å². The number of azo groups is 2. The monoisotopic (exact) mass is 1640 g/mol. The Morgan fingerprint density at radius 2 is 0.699 bits per heavy atom. The van der Waals surface area contributed by atoms with E-state index in [0.29, 0.717) is 10.8 Å². The standard InChI is InChI=1S/C53H42F2N16O12S2.2Cu.4O3S/c54-48-62-50(66-52(64-48)60-32-8-3-10-34(46(32)76)68-70-44-30(18-14-26-6-1-12-40(74)42(26)44)58-36-24-28(84(78,79)80)16-20-38(36)72)56-22-5-23-57-51-63-49(55)65-53(67-51)61-33-9-4-11-35(47(33)77)69-71-45-31(19-15-27-7-2-13-41(75)43(27)45)59-37-25-29(85(81,82)83)17-21-39(37)73;;;4*1-4(2)3/h1-4,6-21,24-25,58-59,72-77H,5,22-23H2,(H,78,79,80)(H,81,82,83)(H2,56,60,62,64,66)(H2,57,61,63,65,67);;;;;;. The molecule has 550 valence electrons. The molecule has 40 nitrogen and oxygen atoms in total. The molecule has 2 aromatic heterocycles. The fourth-order valence-corrected chi connectivity index (χ4v) is 9.28. The summed E-state index contributed by atoms with van der Waals surface area (Å²) in [6.45, 7) is 0.216. The fourth-order valence-electron chi connectivity index (χ4n) is 8.27. The number of hydrogen-bond donors (Lipinski definition) is 14. The van der Waals surface area contributed by atoms with Crippen LogP contribution in [-0.4, -0.2) is 150 Å². The van der Waals surface area contributed by atoms with Crippen molar-refractivity contribution in [3.05, 3.63) is 146 Å². The van der Waals surface area contributed by atoms with Crippen molar-refractivity contribution in [2.45, 2.75) is 16.2 Å². The molecule has 14 N–H and O–H groups in total. The Labute approximate surface area is 602 Å². The molecule has 0 bridgehead atoms. The predicted molar refractivity (Wildman–Crippen MR) is 345 cm³/mol. The fraction of sp³-hybridized carbons (Fsp3) is 0.0566. The second-order valence-electron chi connectivity index (χ2n) is 18.8. The minimum absolute atomic E-state index is 0. The van der Waals surface area contributed by atoms with E-state index >= 15 is 0 Å². The molecule has 0 atom stereocenters. The van der Waals surface area contributed by atoms with E-state index in [1.165, 1.54) is 60.7 Å². The molecule has 103 heavy (non-hydrogen) atoms. The van der Waals surface area contributed by atoms with Crippen molar-refractivity contribution >= 4 is 165 Å². The van der Waals surface area contributed by atoms with Gasteiger partial charge in [0.05, 0.1) is 54.7 Å². The maximum absolute atomic E-state index is 14.8. The number of fused-ring (bicyclic) bond motifs is 2. The van der Waals surface area contributed by atoms with Gasteiger partial charge in [0.2, 0.25) is 23.8 Å². The molecule has 8 aromatic carbocycles. The van der Waals surface area contributed by atoms with Gasteiger partial charge in [0.1, 0.15) is 45.7 Å². The topological polar surface area (TPSA) is 634 Å². The number of aromatic nitrogens is 6. The summed E-state index contributed by atoms with van der Waals surface area (Å²) in [5.41, 5.74) is -0.434. The summed E-state index contributed by atoms with van der Waals surface area (Å²) in [6, 6.07) is 30.2. The summed E-state index contributed by atoms with van der Waals surface area (Å²) in [7, 11) is -21.8. The second-order valence-corrected chi connectivity index (χ2v) is 23.2. The van der Waals surface area contributed by atoms with Crippen molar-refractivity contribution in [1.29, 1.82) is 0 Å². The summed E-state index contributed by atoms with van der Waals surface area (Å²) in [6.07, 6.45) is -2.13. The maximum atomic E-state index is 14.8. The number of halogens is 2. The van der Waals surface area contributed by atoms with Crippen molar-refractivity contribution in [3.63, 3.8) is 0 Å². The summed E-state index contributed by atoms with van der Waals surface area (Å²) in [5.74, 6) is -3.32. The molecule has 0 aliphatic carbocycles. The van der Waals surface area contributed by atoms with Crippen LogP contribution in [0.25, 0.3) is 21.5 Å². The Kier molecular flexibility index (Phi) is 31.0. The van der Waals surface area contributed by atoms with Crippen molar-refractivity contribution in [2.24, 2.45) is 20.5 Å². The SMILES string of the molecule is O=S(=O)(O)c1ccc(O)c(Nc2ccc3cccc(O)c3c2N=Nc2cccc(Nc3nc(F)nc(NCCCNc4nc(F)nc(Nc5cccc(N=Nc6c(Nc7cc(S(=O)(=O)O)ccc7O)ccc7cccc(O)c67)c5O)n4)n3)c2O)c1.O=S(=O)=O.O=S(=O)=O.O=S(=O)=O.O=S(=O)=O.[Cu].[Cu]. The number of benzene rings is 8. The molecular formula is C53H42Cu2F2N16O24S6. The van der Waals surface area contributed by atoms with E-state index in [2.05, 4.69) is 82.3 Å². The Balaban J connectivity index is 0.00000113. The quantitative estimate of drug-likeness (QED) is 0.0119. The van der Waals surface area contributed by atoms with Gasteiger partial charge in [0, 0.05) is 47.2 Å². The van der Waals surface area contributed by atoms with Crippen LogP contribution in [0.3, 0.4) is 0 Å². The number of phenols is 6. The first kappa shape index (κ1) is 83.7. The summed E-state index contributed by atoms with van der Waals surface area (Å²) in [4.78, 5) is 22.0. The van der Waals surface area contributed by atoms with E-state index in [0.717, 1.165) is 36.4 Å². The third-order valence-electron chi connectivity index (χ3n) is 12.2. The number of para-hydroxylation sites is 2. The van der Waals surface area contributed by atoms with Crippen LogP contribution in [0.15, 0.2) is 164 Å². The van der Waals surface area contributed by atoms with Crippen molar-refractivity contribution in [3.8, 4) is 34.5 Å². The number of rotatable bonds is 20. The van der Waals surface area contributed by atoms with Crippen LogP contribution >= 0.6 is 0 Å². The summed E-state index contributed by atoms with van der Waals surface area (Å²) >= 11 is 0. The zero-order chi connectivity index (χ0) is 74.5. The molecule has 10 rings (SSSR count). The van der Waals surface area contributed by atoms with Crippen LogP contribution in [0, 0.1) is 12.2 Å². The number of hydrogen-bond acceptors (Lipinski definition) is 38. The van der Waals surface area contributed by atoms with Gasteiger partial charge in [0.25, 0.3) is 20.2 Å². The van der Waals surface area contributed by atoms with E-state index in [1.54, 1.807) is 36.4 Å². The van der Waals surface area contributed by atoms with Crippen LogP contribution < -0.4 is 31.9 Å². The molecule has 0 fully saturated rings. The average molecular weight is 1640 g/mol. The van der Waals surface area contributed by atoms with E-state index < -0.39 is 108 Å². The Morgan fingerprint density at radius 3 is 1.04 bits per heavy atom. The number of nitrogens with one attached hydrogen (secondary N) is 6. The van der Waals surface area contributed by atoms with Gasteiger partial charge in [-0.2, -0.15) is 55.5 Å². The zero-order valence-electron chi connectivity index (χ0n) is 50.2. The molecule has 50 heteroatoms.